The number of nitrogens with one attached hydrogen (secondary N) is 1. The van der Waals surface area contributed by atoms with Gasteiger partial charge in [-0.3, -0.25) is 9.20 Å². The number of carbonyl (C=O) groups is 1. The minimum Gasteiger partial charge on any atom is -0.349 e. The van der Waals surface area contributed by atoms with Gasteiger partial charge in [0.1, 0.15) is 5.82 Å². The quantitative estimate of drug-likeness (QED) is 0.371. The van der Waals surface area contributed by atoms with Crippen LogP contribution in [0.3, 0.4) is 0 Å². The van der Waals surface area contributed by atoms with Crippen molar-refractivity contribution >= 4 is 32.7 Å². The first-order valence-corrected chi connectivity index (χ1v) is 13.6. The molecule has 1 N–H and O–H groups in total. The summed E-state index contributed by atoms with van der Waals surface area (Å²) in [7, 11) is -3.84. The highest BCUT2D eigenvalue weighted by atomic mass is 32.2. The van der Waals surface area contributed by atoms with Crippen molar-refractivity contribution in [2.24, 2.45) is 0 Å². The van der Waals surface area contributed by atoms with Gasteiger partial charge in [0, 0.05) is 23.7 Å². The maximum atomic E-state index is 13.4. The standard InChI is InChI=1S/C27H23N7O3S/c1-17-2-10-22(11-3-17)38(36,37)33-13-12-23-26(33)29-16-24-31-32-25(34(23)24)20-8-9-21(14-20)30-27(35)19-6-4-18(15-28)5-7-19/h2-7,10-13,16,20-21H,8-9,14H2,1H3,(H,30,35)/t20-,21+/m1/s1. The Bertz CT molecular complexity index is 1830. The van der Waals surface area contributed by atoms with E-state index in [4.69, 9.17) is 5.26 Å². The van der Waals surface area contributed by atoms with E-state index in [0.29, 0.717) is 40.2 Å². The monoisotopic (exact) mass is 525 g/mol. The lowest BCUT2D eigenvalue weighted by molar-refractivity contribution is 0.0937. The zero-order valence-corrected chi connectivity index (χ0v) is 21.3. The molecule has 3 aromatic heterocycles. The van der Waals surface area contributed by atoms with Crippen LogP contribution >= 0.6 is 0 Å². The fourth-order valence-corrected chi connectivity index (χ4v) is 6.34. The Hall–Kier alpha value is -4.56. The van der Waals surface area contributed by atoms with Gasteiger partial charge in [-0.25, -0.2) is 17.4 Å². The average molecular weight is 526 g/mol. The summed E-state index contributed by atoms with van der Waals surface area (Å²) >= 11 is 0. The second kappa shape index (κ2) is 9.08. The highest BCUT2D eigenvalue weighted by Gasteiger charge is 2.31. The summed E-state index contributed by atoms with van der Waals surface area (Å²) in [6.07, 6.45) is 5.28. The third-order valence-corrected chi connectivity index (χ3v) is 8.73. The fraction of sp³-hybridized carbons (Fsp3) is 0.222. The summed E-state index contributed by atoms with van der Waals surface area (Å²) in [5, 5.41) is 20.8. The lowest BCUT2D eigenvalue weighted by atomic mass is 10.1. The molecular weight excluding hydrogens is 502 g/mol. The van der Waals surface area contributed by atoms with E-state index in [1.807, 2.05) is 17.4 Å². The second-order valence-electron chi connectivity index (χ2n) is 9.52. The van der Waals surface area contributed by atoms with Crippen molar-refractivity contribution in [1.82, 2.24) is 28.9 Å². The maximum absolute atomic E-state index is 13.4. The highest BCUT2D eigenvalue weighted by Crippen LogP contribution is 2.35. The van der Waals surface area contributed by atoms with Gasteiger partial charge in [-0.15, -0.1) is 10.2 Å². The molecule has 0 unspecified atom stereocenters. The predicted molar refractivity (Wildman–Crippen MR) is 139 cm³/mol. The number of nitriles is 1. The van der Waals surface area contributed by atoms with Crippen LogP contribution in [0.15, 0.2) is 71.9 Å². The van der Waals surface area contributed by atoms with E-state index < -0.39 is 10.0 Å². The van der Waals surface area contributed by atoms with Crippen LogP contribution in [0.2, 0.25) is 0 Å². The second-order valence-corrected chi connectivity index (χ2v) is 11.3. The summed E-state index contributed by atoms with van der Waals surface area (Å²) in [4.78, 5) is 17.3. The average Bonchev–Trinajstić information content (AvgIpc) is 3.66. The fourth-order valence-electron chi connectivity index (χ4n) is 5.05. The van der Waals surface area contributed by atoms with Gasteiger partial charge in [-0.2, -0.15) is 5.26 Å². The van der Waals surface area contributed by atoms with Crippen LogP contribution in [-0.4, -0.2) is 43.9 Å². The largest absolute Gasteiger partial charge is 0.349 e. The smallest absolute Gasteiger partial charge is 0.269 e. The van der Waals surface area contributed by atoms with Crippen molar-refractivity contribution in [3.05, 3.63) is 89.5 Å². The molecule has 1 aliphatic carbocycles. The minimum atomic E-state index is -3.84. The third kappa shape index (κ3) is 3.99. The molecule has 190 valence electrons. The Balaban J connectivity index is 1.28. The molecule has 1 amide bonds. The Morgan fingerprint density at radius 2 is 1.82 bits per heavy atom. The van der Waals surface area contributed by atoms with E-state index in [0.717, 1.165) is 18.4 Å². The summed E-state index contributed by atoms with van der Waals surface area (Å²) in [6, 6.07) is 17.0. The zero-order valence-electron chi connectivity index (χ0n) is 20.4. The number of aromatic nitrogens is 5. The van der Waals surface area contributed by atoms with Crippen molar-refractivity contribution in [2.75, 3.05) is 0 Å². The van der Waals surface area contributed by atoms with E-state index in [2.05, 4.69) is 20.5 Å². The first-order chi connectivity index (χ1) is 18.3. The van der Waals surface area contributed by atoms with Gasteiger partial charge in [-0.05, 0) is 68.7 Å². The number of amides is 1. The first-order valence-electron chi connectivity index (χ1n) is 12.2. The van der Waals surface area contributed by atoms with Crippen molar-refractivity contribution in [1.29, 1.82) is 5.26 Å². The highest BCUT2D eigenvalue weighted by molar-refractivity contribution is 7.90. The van der Waals surface area contributed by atoms with Crippen LogP contribution in [0.4, 0.5) is 0 Å². The van der Waals surface area contributed by atoms with Crippen LogP contribution in [0.25, 0.3) is 16.8 Å². The first kappa shape index (κ1) is 23.8. The van der Waals surface area contributed by atoms with Crippen molar-refractivity contribution in [2.45, 2.75) is 43.0 Å². The molecule has 2 aromatic carbocycles. The van der Waals surface area contributed by atoms with Crippen LogP contribution < -0.4 is 5.32 Å². The molecule has 0 bridgehead atoms. The van der Waals surface area contributed by atoms with Gasteiger partial charge in [0.25, 0.3) is 15.9 Å². The van der Waals surface area contributed by atoms with E-state index >= 15 is 0 Å². The molecular formula is C27H23N7O3S. The van der Waals surface area contributed by atoms with Gasteiger partial charge < -0.3 is 5.32 Å². The van der Waals surface area contributed by atoms with Gasteiger partial charge in [-0.1, -0.05) is 17.7 Å². The van der Waals surface area contributed by atoms with Crippen molar-refractivity contribution in [3.63, 3.8) is 0 Å². The minimum absolute atomic E-state index is 0.0268. The van der Waals surface area contributed by atoms with E-state index in [1.165, 1.54) is 16.4 Å². The summed E-state index contributed by atoms with van der Waals surface area (Å²) in [5.41, 5.74) is 3.40. The molecule has 0 saturated heterocycles. The number of aryl methyl sites for hydroxylation is 1. The normalized spacial score (nSPS) is 17.6. The topological polar surface area (TPSA) is 135 Å². The summed E-state index contributed by atoms with van der Waals surface area (Å²) in [5.74, 6) is 0.558. The van der Waals surface area contributed by atoms with Crippen LogP contribution in [0, 0.1) is 18.3 Å². The maximum Gasteiger partial charge on any atom is 0.269 e. The molecule has 38 heavy (non-hydrogen) atoms. The van der Waals surface area contributed by atoms with Gasteiger partial charge in [0.05, 0.1) is 28.2 Å². The molecule has 11 heteroatoms. The number of rotatable bonds is 5. The molecule has 1 fully saturated rings. The van der Waals surface area contributed by atoms with E-state index in [-0.39, 0.29) is 22.8 Å². The zero-order chi connectivity index (χ0) is 26.4. The number of nitrogens with zero attached hydrogens (tertiary/aromatic N) is 6. The van der Waals surface area contributed by atoms with Crippen LogP contribution in [-0.2, 0) is 10.0 Å². The predicted octanol–water partition coefficient (Wildman–Crippen LogP) is 3.56. The molecule has 6 rings (SSSR count). The number of hydrogen-bond donors (Lipinski definition) is 1. The molecule has 0 aliphatic heterocycles. The number of hydrogen-bond acceptors (Lipinski definition) is 7. The molecule has 0 spiro atoms. The summed E-state index contributed by atoms with van der Waals surface area (Å²) in [6.45, 7) is 1.90. The van der Waals surface area contributed by atoms with E-state index in [9.17, 15) is 13.2 Å². The van der Waals surface area contributed by atoms with E-state index in [1.54, 1.807) is 54.6 Å². The van der Waals surface area contributed by atoms with Crippen LogP contribution in [0.1, 0.15) is 52.5 Å². The van der Waals surface area contributed by atoms with Crippen molar-refractivity contribution in [3.8, 4) is 6.07 Å². The Kier molecular flexibility index (Phi) is 5.69. The van der Waals surface area contributed by atoms with Crippen molar-refractivity contribution < 1.29 is 13.2 Å². The molecule has 3 heterocycles. The molecule has 1 aliphatic rings. The number of carbonyl (C=O) groups excluding carboxylic acids is 1. The molecule has 10 nitrogen and oxygen atoms in total. The van der Waals surface area contributed by atoms with Gasteiger partial charge in [0.2, 0.25) is 0 Å². The third-order valence-electron chi connectivity index (χ3n) is 7.05. The number of benzene rings is 2. The SMILES string of the molecule is Cc1ccc(S(=O)(=O)n2ccc3c2ncc2nnc([C@@H]4CC[C@H](NC(=O)c5ccc(C#N)cc5)C4)n23)cc1. The van der Waals surface area contributed by atoms with Gasteiger partial charge in [0.15, 0.2) is 11.3 Å². The Morgan fingerprint density at radius 1 is 1.05 bits per heavy atom. The Morgan fingerprint density at radius 3 is 2.55 bits per heavy atom. The lowest BCUT2D eigenvalue weighted by Gasteiger charge is -2.13. The Labute approximate surface area is 218 Å². The number of fused-ring (bicyclic) bond motifs is 3. The molecule has 2 atom stereocenters. The summed E-state index contributed by atoms with van der Waals surface area (Å²) < 4.78 is 29.8. The van der Waals surface area contributed by atoms with Gasteiger partial charge >= 0.3 is 0 Å². The van der Waals surface area contributed by atoms with Crippen LogP contribution in [0.5, 0.6) is 0 Å². The molecule has 0 radical (unpaired) electrons. The molecule has 5 aromatic rings. The lowest BCUT2D eigenvalue weighted by Crippen LogP contribution is -2.32. The molecule has 1 saturated carbocycles.